The Labute approximate surface area is 152 Å². The smallest absolute Gasteiger partial charge is 0.259 e. The van der Waals surface area contributed by atoms with E-state index in [-0.39, 0.29) is 10.8 Å². The average Bonchev–Trinajstić information content (AvgIpc) is 3.03. The van der Waals surface area contributed by atoms with Crippen LogP contribution in [-0.4, -0.2) is 36.0 Å². The molecule has 0 bridgehead atoms. The molecule has 1 fully saturated rings. The summed E-state index contributed by atoms with van der Waals surface area (Å²) in [6.45, 7) is 4.36. The van der Waals surface area contributed by atoms with Gasteiger partial charge in [0.1, 0.15) is 0 Å². The molecule has 1 saturated carbocycles. The van der Waals surface area contributed by atoms with Crippen molar-refractivity contribution < 1.29 is 12.9 Å². The number of hydrogen-bond acceptors (Lipinski definition) is 6. The maximum Gasteiger partial charge on any atom is 0.259 e. The zero-order valence-electron chi connectivity index (χ0n) is 14.2. The number of rotatable bonds is 6. The average molecular weight is 385 g/mol. The Bertz CT molecular complexity index is 873. The van der Waals surface area contributed by atoms with Crippen LogP contribution < -0.4 is 5.73 Å². The van der Waals surface area contributed by atoms with Crippen molar-refractivity contribution >= 4 is 21.6 Å². The lowest BCUT2D eigenvalue weighted by atomic mass is 9.77. The molecule has 0 saturated heterocycles. The summed E-state index contributed by atoms with van der Waals surface area (Å²) in [5.74, 6) is 0.607. The summed E-state index contributed by atoms with van der Waals surface area (Å²) in [4.78, 5) is 4.49. The summed E-state index contributed by atoms with van der Waals surface area (Å²) in [5.41, 5.74) is 6.04. The van der Waals surface area contributed by atoms with E-state index < -0.39 is 15.6 Å². The summed E-state index contributed by atoms with van der Waals surface area (Å²) in [7, 11) is -3.60. The van der Waals surface area contributed by atoms with E-state index in [1.807, 2.05) is 0 Å². The minimum absolute atomic E-state index is 0.140. The second-order valence-corrected chi connectivity index (χ2v) is 8.51. The van der Waals surface area contributed by atoms with Gasteiger partial charge in [-0.3, -0.25) is 0 Å². The number of nitrogens with zero attached hydrogens (tertiary/aromatic N) is 3. The van der Waals surface area contributed by atoms with Gasteiger partial charge in [0.25, 0.3) is 5.89 Å². The van der Waals surface area contributed by atoms with Gasteiger partial charge >= 0.3 is 0 Å². The fourth-order valence-electron chi connectivity index (χ4n) is 2.86. The predicted molar refractivity (Wildman–Crippen MR) is 94.6 cm³/mol. The van der Waals surface area contributed by atoms with Crippen LogP contribution in [0.2, 0.25) is 5.02 Å². The Morgan fingerprint density at radius 3 is 2.56 bits per heavy atom. The second kappa shape index (κ2) is 6.68. The van der Waals surface area contributed by atoms with E-state index >= 15 is 0 Å². The van der Waals surface area contributed by atoms with Crippen molar-refractivity contribution in [2.24, 2.45) is 5.73 Å². The van der Waals surface area contributed by atoms with Gasteiger partial charge in [-0.2, -0.15) is 9.29 Å². The van der Waals surface area contributed by atoms with Crippen molar-refractivity contribution in [2.75, 3.05) is 13.1 Å². The summed E-state index contributed by atoms with van der Waals surface area (Å²) < 4.78 is 32.1. The van der Waals surface area contributed by atoms with Crippen LogP contribution in [0.25, 0.3) is 11.5 Å². The van der Waals surface area contributed by atoms with E-state index in [1.54, 1.807) is 13.8 Å². The molecule has 1 aromatic heterocycles. The third-order valence-electron chi connectivity index (χ3n) is 4.63. The molecule has 1 aliphatic rings. The molecule has 1 heterocycles. The fourth-order valence-corrected chi connectivity index (χ4v) is 4.54. The number of sulfonamides is 1. The van der Waals surface area contributed by atoms with Crippen molar-refractivity contribution in [3.05, 3.63) is 29.0 Å². The molecule has 0 aliphatic heterocycles. The molecular formula is C16H21ClN4O3S. The molecule has 1 aromatic carbocycles. The highest BCUT2D eigenvalue weighted by Crippen LogP contribution is 2.38. The van der Waals surface area contributed by atoms with Crippen LogP contribution in [-0.2, 0) is 15.6 Å². The molecule has 0 amide bonds. The third-order valence-corrected chi connectivity index (χ3v) is 7.00. The van der Waals surface area contributed by atoms with E-state index in [2.05, 4.69) is 10.1 Å². The van der Waals surface area contributed by atoms with Gasteiger partial charge in [-0.05, 0) is 37.5 Å². The summed E-state index contributed by atoms with van der Waals surface area (Å²) >= 11 is 6.23. The van der Waals surface area contributed by atoms with Gasteiger partial charge in [-0.15, -0.1) is 0 Å². The van der Waals surface area contributed by atoms with Gasteiger partial charge in [0, 0.05) is 13.1 Å². The van der Waals surface area contributed by atoms with Gasteiger partial charge in [-0.25, -0.2) is 8.42 Å². The van der Waals surface area contributed by atoms with Gasteiger partial charge in [0.2, 0.25) is 10.0 Å². The first-order chi connectivity index (χ1) is 11.8. The summed E-state index contributed by atoms with van der Waals surface area (Å²) in [6.07, 6.45) is 2.63. The van der Waals surface area contributed by atoms with E-state index in [4.69, 9.17) is 21.9 Å². The Morgan fingerprint density at radius 1 is 1.32 bits per heavy atom. The largest absolute Gasteiger partial charge is 0.334 e. The van der Waals surface area contributed by atoms with Gasteiger partial charge < -0.3 is 10.3 Å². The van der Waals surface area contributed by atoms with Crippen LogP contribution in [0.3, 0.4) is 0 Å². The molecule has 136 valence electrons. The summed E-state index contributed by atoms with van der Waals surface area (Å²) in [5, 5.41) is 4.30. The lowest BCUT2D eigenvalue weighted by Crippen LogP contribution is -2.44. The first-order valence-corrected chi connectivity index (χ1v) is 10.1. The minimum atomic E-state index is -3.60. The Balaban J connectivity index is 2.01. The van der Waals surface area contributed by atoms with Gasteiger partial charge in [0.15, 0.2) is 5.82 Å². The molecule has 2 aromatic rings. The van der Waals surface area contributed by atoms with E-state index in [0.29, 0.717) is 29.5 Å². The lowest BCUT2D eigenvalue weighted by molar-refractivity contribution is 0.229. The second-order valence-electron chi connectivity index (χ2n) is 6.16. The molecule has 0 unspecified atom stereocenters. The Morgan fingerprint density at radius 2 is 2.00 bits per heavy atom. The van der Waals surface area contributed by atoms with Gasteiger partial charge in [0.05, 0.1) is 21.0 Å². The Kier molecular flexibility index (Phi) is 4.89. The lowest BCUT2D eigenvalue weighted by Gasteiger charge is -2.34. The highest BCUT2D eigenvalue weighted by atomic mass is 35.5. The molecule has 0 spiro atoms. The quantitative estimate of drug-likeness (QED) is 0.821. The van der Waals surface area contributed by atoms with E-state index in [9.17, 15) is 8.42 Å². The molecule has 0 radical (unpaired) electrons. The highest BCUT2D eigenvalue weighted by molar-refractivity contribution is 7.89. The minimum Gasteiger partial charge on any atom is -0.334 e. The topological polar surface area (TPSA) is 102 Å². The molecule has 0 atom stereocenters. The molecule has 2 N–H and O–H groups in total. The molecule has 9 heteroatoms. The number of aromatic nitrogens is 2. The fraction of sp³-hybridized carbons (Fsp3) is 0.500. The zero-order chi connectivity index (χ0) is 18.2. The van der Waals surface area contributed by atoms with Gasteiger partial charge in [-0.1, -0.05) is 30.6 Å². The van der Waals surface area contributed by atoms with Crippen LogP contribution in [0.5, 0.6) is 0 Å². The van der Waals surface area contributed by atoms with E-state index in [0.717, 1.165) is 19.3 Å². The molecule has 25 heavy (non-hydrogen) atoms. The Hall–Kier alpha value is -1.48. The molecule has 7 nitrogen and oxygen atoms in total. The van der Waals surface area contributed by atoms with Crippen LogP contribution in [0, 0.1) is 0 Å². The van der Waals surface area contributed by atoms with Crippen molar-refractivity contribution in [1.82, 2.24) is 14.4 Å². The predicted octanol–water partition coefficient (Wildman–Crippen LogP) is 2.76. The number of nitrogens with two attached hydrogens (primary N) is 1. The van der Waals surface area contributed by atoms with Crippen molar-refractivity contribution in [1.29, 1.82) is 0 Å². The first kappa shape index (κ1) is 18.3. The first-order valence-electron chi connectivity index (χ1n) is 8.25. The maximum absolute atomic E-state index is 12.7. The third kappa shape index (κ3) is 3.19. The van der Waals surface area contributed by atoms with Crippen LogP contribution in [0.1, 0.15) is 38.9 Å². The molecule has 3 rings (SSSR count). The SMILES string of the molecule is CCN(CC)S(=O)(=O)c1ccc(Cl)c(-c2nc(C3(N)CCC3)no2)c1. The van der Waals surface area contributed by atoms with E-state index in [1.165, 1.54) is 22.5 Å². The van der Waals surface area contributed by atoms with Crippen molar-refractivity contribution in [3.8, 4) is 11.5 Å². The molecular weight excluding hydrogens is 364 g/mol. The molecule has 1 aliphatic carbocycles. The number of benzene rings is 1. The standard InChI is InChI=1S/C16H21ClN4O3S/c1-3-21(4-2)25(22,23)11-6-7-13(17)12(10-11)14-19-15(20-24-14)16(18)8-5-9-16/h6-7,10H,3-5,8-9,18H2,1-2H3. The normalized spacial score (nSPS) is 16.8. The van der Waals surface area contributed by atoms with Crippen LogP contribution >= 0.6 is 11.6 Å². The van der Waals surface area contributed by atoms with Crippen molar-refractivity contribution in [2.45, 2.75) is 43.5 Å². The van der Waals surface area contributed by atoms with Crippen LogP contribution in [0.4, 0.5) is 0 Å². The monoisotopic (exact) mass is 384 g/mol. The van der Waals surface area contributed by atoms with Crippen LogP contribution in [0.15, 0.2) is 27.6 Å². The summed E-state index contributed by atoms with van der Waals surface area (Å²) in [6, 6.07) is 4.48. The number of halogens is 1. The zero-order valence-corrected chi connectivity index (χ0v) is 15.8. The van der Waals surface area contributed by atoms with Crippen molar-refractivity contribution in [3.63, 3.8) is 0 Å². The highest BCUT2D eigenvalue weighted by Gasteiger charge is 2.39. The maximum atomic E-state index is 12.7. The number of hydrogen-bond donors (Lipinski definition) is 1.